The van der Waals surface area contributed by atoms with Gasteiger partial charge in [-0.2, -0.15) is 4.57 Å². The van der Waals surface area contributed by atoms with Crippen molar-refractivity contribution < 1.29 is 17.5 Å². The third kappa shape index (κ3) is 11.6. The molecular weight excluding hydrogens is 770 g/mol. The fourth-order valence-corrected chi connectivity index (χ4v) is 8.73. The quantitative estimate of drug-likeness (QED) is 0.107. The monoisotopic (exact) mass is 826 g/mol. The maximum atomic E-state index is 4.73. The Kier molecular flexibility index (Phi) is 17.0. The van der Waals surface area contributed by atoms with Crippen molar-refractivity contribution in [3.63, 3.8) is 0 Å². The fourth-order valence-electron chi connectivity index (χ4n) is 8.73. The van der Waals surface area contributed by atoms with E-state index in [4.69, 9.17) is 20.3 Å². The van der Waals surface area contributed by atoms with Gasteiger partial charge in [-0.15, -0.1) is 0 Å². The molecule has 1 aliphatic rings. The Morgan fingerprint density at radius 2 is 0.875 bits per heavy atom. The standard InChI is InChI=1S/C51H57N2.2ClH.Co/c1-40(53-36-24-13-25-37-53)52-51-47(41-26-14-7-5-3-2-4-6-8-15-27-41)38-46(49(42-28-16-9-17-29-42)43-30-18-10-19-31-43)39-48(51)50(44-32-20-11-21-33-44)45-34-22-12-23-35-45;;;/h9-13,16-25,28-41,49-50,52H,2-8,14-15,26-27H2,1H3;2*1H;/q+1;;;+2/p-2. The number of nitrogens with zero attached hydrogens (tertiary/aromatic N) is 1. The summed E-state index contributed by atoms with van der Waals surface area (Å²) in [5.74, 6) is 0.649. The summed E-state index contributed by atoms with van der Waals surface area (Å²) >= 11 is 0.382. The van der Waals surface area contributed by atoms with Gasteiger partial charge < -0.3 is 5.32 Å². The number of aromatic nitrogens is 1. The van der Waals surface area contributed by atoms with Gasteiger partial charge >= 0.3 is 33.2 Å². The molecule has 1 saturated carbocycles. The minimum atomic E-state index is 0.0602. The Balaban J connectivity index is 0.00000172. The van der Waals surface area contributed by atoms with E-state index in [-0.39, 0.29) is 18.0 Å². The number of benzene rings is 5. The Bertz CT molecular complexity index is 1890. The van der Waals surface area contributed by atoms with Crippen molar-refractivity contribution in [2.75, 3.05) is 5.32 Å². The van der Waals surface area contributed by atoms with Crippen molar-refractivity contribution in [3.8, 4) is 0 Å². The number of rotatable bonds is 10. The number of hydrogen-bond donors (Lipinski definition) is 1. The predicted molar refractivity (Wildman–Crippen MR) is 234 cm³/mol. The molecule has 0 radical (unpaired) electrons. The van der Waals surface area contributed by atoms with Gasteiger partial charge in [-0.25, -0.2) is 0 Å². The number of pyridine rings is 1. The third-order valence-corrected chi connectivity index (χ3v) is 11.5. The first-order chi connectivity index (χ1) is 27.7. The molecule has 1 atom stereocenters. The van der Waals surface area contributed by atoms with Gasteiger partial charge in [0.05, 0.1) is 0 Å². The van der Waals surface area contributed by atoms with Crippen LogP contribution in [0, 0.1) is 0 Å². The van der Waals surface area contributed by atoms with E-state index in [2.05, 4.69) is 181 Å². The molecule has 7 rings (SSSR count). The van der Waals surface area contributed by atoms with Gasteiger partial charge in [0.2, 0.25) is 6.17 Å². The van der Waals surface area contributed by atoms with E-state index in [1.807, 2.05) is 0 Å². The van der Waals surface area contributed by atoms with Crippen molar-refractivity contribution in [3.05, 3.63) is 203 Å². The van der Waals surface area contributed by atoms with Crippen LogP contribution in [0.15, 0.2) is 164 Å². The third-order valence-electron chi connectivity index (χ3n) is 11.5. The van der Waals surface area contributed by atoms with Crippen molar-refractivity contribution in [1.29, 1.82) is 0 Å². The number of hydrogen-bond acceptors (Lipinski definition) is 1. The molecule has 1 unspecified atom stereocenters. The average molecular weight is 828 g/mol. The van der Waals surface area contributed by atoms with Gasteiger partial charge in [0.15, 0.2) is 12.4 Å². The molecule has 56 heavy (non-hydrogen) atoms. The summed E-state index contributed by atoms with van der Waals surface area (Å²) in [6.07, 6.45) is 19.0. The predicted octanol–water partition coefficient (Wildman–Crippen LogP) is 14.7. The maximum absolute atomic E-state index is 4.73. The summed E-state index contributed by atoms with van der Waals surface area (Å²) in [6, 6.07) is 56.3. The van der Waals surface area contributed by atoms with E-state index in [1.54, 1.807) is 0 Å². The molecule has 0 spiro atoms. The van der Waals surface area contributed by atoms with Crippen molar-refractivity contribution >= 4 is 26.0 Å². The molecule has 1 heterocycles. The summed E-state index contributed by atoms with van der Waals surface area (Å²) in [4.78, 5) is 0. The number of anilines is 1. The first kappa shape index (κ1) is 41.8. The molecule has 0 amide bonds. The van der Waals surface area contributed by atoms with Crippen LogP contribution in [-0.4, -0.2) is 0 Å². The summed E-state index contributed by atoms with van der Waals surface area (Å²) in [6.45, 7) is 2.30. The van der Waals surface area contributed by atoms with Gasteiger partial charge in [0, 0.05) is 36.6 Å². The second-order valence-corrected chi connectivity index (χ2v) is 16.9. The van der Waals surface area contributed by atoms with E-state index in [1.165, 1.54) is 115 Å². The molecule has 5 heteroatoms. The van der Waals surface area contributed by atoms with Gasteiger partial charge in [-0.05, 0) is 57.7 Å². The molecule has 1 fully saturated rings. The normalized spacial score (nSPS) is 14.9. The van der Waals surface area contributed by atoms with Crippen LogP contribution in [-0.2, 0) is 12.9 Å². The van der Waals surface area contributed by atoms with Crippen LogP contribution in [0.1, 0.15) is 140 Å². The van der Waals surface area contributed by atoms with Crippen molar-refractivity contribution in [2.45, 2.75) is 101 Å². The van der Waals surface area contributed by atoms with Crippen molar-refractivity contribution in [2.24, 2.45) is 0 Å². The summed E-state index contributed by atoms with van der Waals surface area (Å²) in [5, 5.41) is 4.21. The summed E-state index contributed by atoms with van der Waals surface area (Å²) in [5.41, 5.74) is 10.8. The van der Waals surface area contributed by atoms with E-state index in [0.717, 1.165) is 0 Å². The molecule has 1 N–H and O–H groups in total. The molecule has 0 aliphatic heterocycles. The molecule has 1 aromatic heterocycles. The van der Waals surface area contributed by atoms with E-state index >= 15 is 0 Å². The van der Waals surface area contributed by atoms with Crippen LogP contribution in [0.25, 0.3) is 0 Å². The zero-order chi connectivity index (χ0) is 38.8. The first-order valence-electron chi connectivity index (χ1n) is 20.6. The van der Waals surface area contributed by atoms with E-state index in [0.29, 0.717) is 18.8 Å². The number of halogens is 2. The Labute approximate surface area is 351 Å². The zero-order valence-electron chi connectivity index (χ0n) is 32.7. The molecule has 6 aromatic rings. The second kappa shape index (κ2) is 22.8. The molecule has 1 aliphatic carbocycles. The summed E-state index contributed by atoms with van der Waals surface area (Å²) < 4.78 is 2.30. The second-order valence-electron chi connectivity index (χ2n) is 15.2. The van der Waals surface area contributed by atoms with Crippen LogP contribution in [0.5, 0.6) is 0 Å². The van der Waals surface area contributed by atoms with Crippen LogP contribution in [0.3, 0.4) is 0 Å². The Morgan fingerprint density at radius 1 is 0.500 bits per heavy atom. The molecule has 2 nitrogen and oxygen atoms in total. The molecule has 293 valence electrons. The van der Waals surface area contributed by atoms with Gasteiger partial charge in [0.25, 0.3) is 0 Å². The molecule has 0 saturated heterocycles. The van der Waals surface area contributed by atoms with Gasteiger partial charge in [-0.1, -0.05) is 197 Å². The molecular formula is C51H57Cl2CoN2+. The fraction of sp³-hybridized carbons (Fsp3) is 0.314. The SMILES string of the molecule is CC(Nc1c(C2CCCCCCCCCCC2)cc(C(c2ccccc2)c2ccccc2)cc1C(c1ccccc1)c1ccccc1)[n+]1ccccc1.[Cl][Co][Cl]. The average Bonchev–Trinajstić information content (AvgIpc) is 3.24. The molecule has 5 aromatic carbocycles. The summed E-state index contributed by atoms with van der Waals surface area (Å²) in [7, 11) is 9.47. The van der Waals surface area contributed by atoms with Crippen molar-refractivity contribution in [1.82, 2.24) is 0 Å². The zero-order valence-corrected chi connectivity index (χ0v) is 35.3. The Morgan fingerprint density at radius 3 is 1.30 bits per heavy atom. The molecule has 0 bridgehead atoms. The van der Waals surface area contributed by atoms with Crippen LogP contribution >= 0.6 is 20.3 Å². The van der Waals surface area contributed by atoms with Gasteiger partial charge in [-0.3, -0.25) is 0 Å². The van der Waals surface area contributed by atoms with Crippen LogP contribution in [0.2, 0.25) is 0 Å². The van der Waals surface area contributed by atoms with Crippen LogP contribution < -0.4 is 9.88 Å². The van der Waals surface area contributed by atoms with Crippen LogP contribution in [0.4, 0.5) is 5.69 Å². The Hall–Kier alpha value is -3.86. The minimum absolute atomic E-state index is 0.0602. The topological polar surface area (TPSA) is 15.9 Å². The van der Waals surface area contributed by atoms with E-state index < -0.39 is 0 Å². The van der Waals surface area contributed by atoms with E-state index in [9.17, 15) is 0 Å². The van der Waals surface area contributed by atoms with Gasteiger partial charge in [0.1, 0.15) is 0 Å². The first-order valence-corrected chi connectivity index (χ1v) is 23.5. The number of nitrogens with one attached hydrogen (secondary N) is 1.